The van der Waals surface area contributed by atoms with E-state index in [9.17, 15) is 4.79 Å². The first kappa shape index (κ1) is 15.7. The Morgan fingerprint density at radius 3 is 2.87 bits per heavy atom. The lowest BCUT2D eigenvalue weighted by Crippen LogP contribution is -2.36. The molecule has 0 unspecified atom stereocenters. The predicted molar refractivity (Wildman–Crippen MR) is 90.2 cm³/mol. The number of amides is 2. The lowest BCUT2D eigenvalue weighted by molar-refractivity contribution is 0.237. The summed E-state index contributed by atoms with van der Waals surface area (Å²) in [6.07, 6.45) is 0.878. The quantitative estimate of drug-likeness (QED) is 0.901. The molecule has 2 aromatic rings. The van der Waals surface area contributed by atoms with Gasteiger partial charge in [-0.2, -0.15) is 0 Å². The average Bonchev–Trinajstić information content (AvgIpc) is 2.96. The molecule has 2 N–H and O–H groups in total. The third kappa shape index (κ3) is 4.16. The molecule has 0 fully saturated rings. The van der Waals surface area contributed by atoms with Crippen LogP contribution in [0.1, 0.15) is 29.8 Å². The largest absolute Gasteiger partial charge is 0.490 e. The zero-order valence-electron chi connectivity index (χ0n) is 13.0. The third-order valence-electron chi connectivity index (χ3n) is 3.62. The highest BCUT2D eigenvalue weighted by Crippen LogP contribution is 2.32. The predicted octanol–water partition coefficient (Wildman–Crippen LogP) is 3.47. The molecule has 6 heteroatoms. The van der Waals surface area contributed by atoms with Crippen LogP contribution in [0.5, 0.6) is 11.5 Å². The molecule has 122 valence electrons. The molecular formula is C17H20N2O3S. The van der Waals surface area contributed by atoms with Crippen LogP contribution in [0, 0.1) is 0 Å². The van der Waals surface area contributed by atoms with Crippen molar-refractivity contribution in [2.45, 2.75) is 25.9 Å². The Labute approximate surface area is 139 Å². The minimum absolute atomic E-state index is 0.115. The molecule has 1 aromatic carbocycles. The summed E-state index contributed by atoms with van der Waals surface area (Å²) in [5, 5.41) is 7.80. The Kier molecular flexibility index (Phi) is 5.02. The standard InChI is InChI=1S/C17H20N2O3S/c1-12(19-17(20)18-11-14-4-2-9-23-14)13-5-6-15-16(10-13)22-8-3-7-21-15/h2,4-6,9-10,12H,3,7-8,11H2,1H3,(H2,18,19,20)/t12-/m0/s1. The molecule has 2 heterocycles. The fraction of sp³-hybridized carbons (Fsp3) is 0.353. The van der Waals surface area contributed by atoms with Crippen LogP contribution in [0.4, 0.5) is 4.79 Å². The lowest BCUT2D eigenvalue weighted by atomic mass is 10.1. The molecule has 3 rings (SSSR count). The SMILES string of the molecule is C[C@H](NC(=O)NCc1cccs1)c1ccc2c(c1)OCCCO2. The van der Waals surface area contributed by atoms with Gasteiger partial charge in [-0.25, -0.2) is 4.79 Å². The van der Waals surface area contributed by atoms with E-state index in [1.807, 2.05) is 42.6 Å². The number of urea groups is 1. The molecule has 0 saturated heterocycles. The van der Waals surface area contributed by atoms with E-state index in [4.69, 9.17) is 9.47 Å². The summed E-state index contributed by atoms with van der Waals surface area (Å²) >= 11 is 1.62. The molecule has 1 aliphatic rings. The maximum absolute atomic E-state index is 12.0. The van der Waals surface area contributed by atoms with Gasteiger partial charge in [0.05, 0.1) is 25.8 Å². The Morgan fingerprint density at radius 2 is 2.09 bits per heavy atom. The van der Waals surface area contributed by atoms with E-state index in [-0.39, 0.29) is 12.1 Å². The first-order valence-corrected chi connectivity index (χ1v) is 8.56. The summed E-state index contributed by atoms with van der Waals surface area (Å²) in [5.41, 5.74) is 0.987. The molecule has 1 aromatic heterocycles. The van der Waals surface area contributed by atoms with E-state index in [1.165, 1.54) is 0 Å². The minimum atomic E-state index is -0.182. The van der Waals surface area contributed by atoms with Crippen LogP contribution in [0.15, 0.2) is 35.7 Å². The van der Waals surface area contributed by atoms with Crippen LogP contribution in [0.3, 0.4) is 0 Å². The highest BCUT2D eigenvalue weighted by Gasteiger charge is 2.15. The number of carbonyl (C=O) groups is 1. The summed E-state index contributed by atoms with van der Waals surface area (Å²) in [6, 6.07) is 9.46. The van der Waals surface area contributed by atoms with Crippen molar-refractivity contribution in [2.24, 2.45) is 0 Å². The first-order chi connectivity index (χ1) is 11.2. The van der Waals surface area contributed by atoms with Gasteiger partial charge in [-0.3, -0.25) is 0 Å². The number of thiophene rings is 1. The van der Waals surface area contributed by atoms with Crippen molar-refractivity contribution in [1.29, 1.82) is 0 Å². The van der Waals surface area contributed by atoms with E-state index >= 15 is 0 Å². The molecule has 0 saturated carbocycles. The van der Waals surface area contributed by atoms with E-state index in [0.29, 0.717) is 19.8 Å². The van der Waals surface area contributed by atoms with Crippen molar-refractivity contribution in [3.05, 3.63) is 46.2 Å². The van der Waals surface area contributed by atoms with Gasteiger partial charge in [0.25, 0.3) is 0 Å². The average molecular weight is 332 g/mol. The second-order valence-corrected chi connectivity index (χ2v) is 6.42. The van der Waals surface area contributed by atoms with Gasteiger partial charge in [0.15, 0.2) is 11.5 Å². The van der Waals surface area contributed by atoms with Gasteiger partial charge in [-0.05, 0) is 36.1 Å². The van der Waals surface area contributed by atoms with Crippen molar-refractivity contribution in [1.82, 2.24) is 10.6 Å². The van der Waals surface area contributed by atoms with E-state index < -0.39 is 0 Å². The van der Waals surface area contributed by atoms with Gasteiger partial charge in [0.2, 0.25) is 0 Å². The van der Waals surface area contributed by atoms with Crippen LogP contribution < -0.4 is 20.1 Å². The maximum Gasteiger partial charge on any atom is 0.315 e. The van der Waals surface area contributed by atoms with Crippen molar-refractivity contribution in [3.8, 4) is 11.5 Å². The van der Waals surface area contributed by atoms with E-state index in [0.717, 1.165) is 28.4 Å². The molecule has 23 heavy (non-hydrogen) atoms. The zero-order chi connectivity index (χ0) is 16.1. The van der Waals surface area contributed by atoms with Gasteiger partial charge in [-0.15, -0.1) is 11.3 Å². The smallest absolute Gasteiger partial charge is 0.315 e. The van der Waals surface area contributed by atoms with Crippen molar-refractivity contribution < 1.29 is 14.3 Å². The summed E-state index contributed by atoms with van der Waals surface area (Å²) in [4.78, 5) is 13.1. The molecule has 0 bridgehead atoms. The molecule has 2 amide bonds. The van der Waals surface area contributed by atoms with Crippen LogP contribution in [0.25, 0.3) is 0 Å². The van der Waals surface area contributed by atoms with Crippen molar-refractivity contribution in [2.75, 3.05) is 13.2 Å². The highest BCUT2D eigenvalue weighted by atomic mass is 32.1. The second-order valence-electron chi connectivity index (χ2n) is 5.38. The zero-order valence-corrected chi connectivity index (χ0v) is 13.8. The highest BCUT2D eigenvalue weighted by molar-refractivity contribution is 7.09. The van der Waals surface area contributed by atoms with Crippen LogP contribution in [0.2, 0.25) is 0 Å². The number of benzene rings is 1. The second kappa shape index (κ2) is 7.37. The number of hydrogen-bond donors (Lipinski definition) is 2. The number of carbonyl (C=O) groups excluding carboxylic acids is 1. The number of rotatable bonds is 4. The Morgan fingerprint density at radius 1 is 1.26 bits per heavy atom. The molecule has 1 aliphatic heterocycles. The topological polar surface area (TPSA) is 59.6 Å². The van der Waals surface area contributed by atoms with Crippen molar-refractivity contribution >= 4 is 17.4 Å². The molecular weight excluding hydrogens is 312 g/mol. The molecule has 0 spiro atoms. The fourth-order valence-corrected chi connectivity index (χ4v) is 3.01. The van der Waals surface area contributed by atoms with E-state index in [2.05, 4.69) is 10.6 Å². The summed E-state index contributed by atoms with van der Waals surface area (Å²) in [6.45, 7) is 3.81. The Balaban J connectivity index is 1.58. The molecule has 0 radical (unpaired) electrons. The summed E-state index contributed by atoms with van der Waals surface area (Å²) in [7, 11) is 0. The van der Waals surface area contributed by atoms with Crippen LogP contribution >= 0.6 is 11.3 Å². The number of fused-ring (bicyclic) bond motifs is 1. The molecule has 0 aliphatic carbocycles. The fourth-order valence-electron chi connectivity index (χ4n) is 2.36. The number of nitrogens with one attached hydrogen (secondary N) is 2. The minimum Gasteiger partial charge on any atom is -0.490 e. The molecule has 1 atom stereocenters. The van der Waals surface area contributed by atoms with Crippen LogP contribution in [-0.4, -0.2) is 19.2 Å². The Hall–Kier alpha value is -2.21. The summed E-state index contributed by atoms with van der Waals surface area (Å²) < 4.78 is 11.3. The Bertz CT molecular complexity index is 658. The number of hydrogen-bond acceptors (Lipinski definition) is 4. The monoisotopic (exact) mass is 332 g/mol. The number of ether oxygens (including phenoxy) is 2. The lowest BCUT2D eigenvalue weighted by Gasteiger charge is -2.16. The van der Waals surface area contributed by atoms with Gasteiger partial charge < -0.3 is 20.1 Å². The van der Waals surface area contributed by atoms with Crippen molar-refractivity contribution in [3.63, 3.8) is 0 Å². The molecule has 5 nitrogen and oxygen atoms in total. The summed E-state index contributed by atoms with van der Waals surface area (Å²) in [5.74, 6) is 1.51. The van der Waals surface area contributed by atoms with Gasteiger partial charge in [0, 0.05) is 11.3 Å². The van der Waals surface area contributed by atoms with Gasteiger partial charge >= 0.3 is 6.03 Å². The van der Waals surface area contributed by atoms with E-state index in [1.54, 1.807) is 11.3 Å². The maximum atomic E-state index is 12.0. The van der Waals surface area contributed by atoms with Crippen LogP contribution in [-0.2, 0) is 6.54 Å². The first-order valence-electron chi connectivity index (χ1n) is 7.68. The normalized spacial score (nSPS) is 14.7. The van der Waals surface area contributed by atoms with Gasteiger partial charge in [-0.1, -0.05) is 12.1 Å². The third-order valence-corrected chi connectivity index (χ3v) is 4.50. The van der Waals surface area contributed by atoms with Gasteiger partial charge in [0.1, 0.15) is 0 Å².